The van der Waals surface area contributed by atoms with Crippen molar-refractivity contribution < 1.29 is 42.9 Å². The summed E-state index contributed by atoms with van der Waals surface area (Å²) >= 11 is 0. The predicted molar refractivity (Wildman–Crippen MR) is 197 cm³/mol. The van der Waals surface area contributed by atoms with Gasteiger partial charge in [-0.05, 0) is 86.3 Å². The molecule has 10 heteroatoms. The molecule has 3 aromatic carbocycles. The molecule has 0 saturated carbocycles. The molecule has 0 saturated heterocycles. The van der Waals surface area contributed by atoms with E-state index in [4.69, 9.17) is 28.7 Å². The van der Waals surface area contributed by atoms with Gasteiger partial charge < -0.3 is 28.7 Å². The normalized spacial score (nSPS) is 11.4. The van der Waals surface area contributed by atoms with E-state index in [-0.39, 0.29) is 11.1 Å². The SMILES string of the molecule is O=C(O)c1ccc(OCCCCCCCCCCOP(=O)(OCCCCCCCCCCOc2ccc(C(=O)O)cc2)c2ccccc2)cc1. The number of carboxylic acids is 2. The monoisotopic (exact) mass is 710 g/mol. The number of aromatic carboxylic acids is 2. The van der Waals surface area contributed by atoms with Crippen LogP contribution in [0.3, 0.4) is 0 Å². The zero-order valence-electron chi connectivity index (χ0n) is 29.3. The first kappa shape index (κ1) is 40.8. The van der Waals surface area contributed by atoms with E-state index in [1.807, 2.05) is 30.3 Å². The summed E-state index contributed by atoms with van der Waals surface area (Å²) in [6, 6.07) is 22.3. The summed E-state index contributed by atoms with van der Waals surface area (Å²) in [5, 5.41) is 18.5. The largest absolute Gasteiger partial charge is 0.494 e. The lowest BCUT2D eigenvalue weighted by atomic mass is 10.1. The summed E-state index contributed by atoms with van der Waals surface area (Å²) in [5.74, 6) is -0.477. The Morgan fingerprint density at radius 3 is 1.10 bits per heavy atom. The number of carbonyl (C=O) groups is 2. The van der Waals surface area contributed by atoms with Crippen molar-refractivity contribution in [2.24, 2.45) is 0 Å². The molecule has 0 aromatic heterocycles. The Balaban J connectivity index is 1.16. The van der Waals surface area contributed by atoms with Crippen molar-refractivity contribution in [3.05, 3.63) is 90.0 Å². The van der Waals surface area contributed by atoms with Gasteiger partial charge in [0.25, 0.3) is 0 Å². The maximum atomic E-state index is 13.7. The molecule has 9 nitrogen and oxygen atoms in total. The van der Waals surface area contributed by atoms with Gasteiger partial charge in [0.1, 0.15) is 11.5 Å². The van der Waals surface area contributed by atoms with Gasteiger partial charge in [-0.25, -0.2) is 9.59 Å². The van der Waals surface area contributed by atoms with Crippen LogP contribution in [0.2, 0.25) is 0 Å². The highest BCUT2D eigenvalue weighted by molar-refractivity contribution is 7.62. The van der Waals surface area contributed by atoms with Gasteiger partial charge in [0.05, 0.1) is 42.9 Å². The van der Waals surface area contributed by atoms with E-state index >= 15 is 0 Å². The first-order chi connectivity index (χ1) is 24.4. The second-order valence-corrected chi connectivity index (χ2v) is 14.5. The van der Waals surface area contributed by atoms with Gasteiger partial charge in [0, 0.05) is 0 Å². The summed E-state index contributed by atoms with van der Waals surface area (Å²) in [6.07, 6.45) is 17.1. The molecular formula is C40H55O9P. The average molecular weight is 711 g/mol. The van der Waals surface area contributed by atoms with Crippen molar-refractivity contribution in [2.45, 2.75) is 103 Å². The highest BCUT2D eigenvalue weighted by Gasteiger charge is 2.27. The molecule has 50 heavy (non-hydrogen) atoms. The van der Waals surface area contributed by atoms with E-state index in [0.717, 1.165) is 89.9 Å². The van der Waals surface area contributed by atoms with Crippen LogP contribution in [0.5, 0.6) is 11.5 Å². The van der Waals surface area contributed by atoms with Gasteiger partial charge in [0.2, 0.25) is 0 Å². The van der Waals surface area contributed by atoms with Crippen LogP contribution in [0.25, 0.3) is 0 Å². The van der Waals surface area contributed by atoms with E-state index in [9.17, 15) is 14.2 Å². The van der Waals surface area contributed by atoms with Gasteiger partial charge in [-0.15, -0.1) is 0 Å². The molecule has 0 aliphatic carbocycles. The van der Waals surface area contributed by atoms with E-state index in [1.54, 1.807) is 48.5 Å². The van der Waals surface area contributed by atoms with Crippen molar-refractivity contribution in [3.8, 4) is 11.5 Å². The third kappa shape index (κ3) is 16.8. The minimum atomic E-state index is -3.36. The molecule has 3 aromatic rings. The third-order valence-corrected chi connectivity index (χ3v) is 10.4. The van der Waals surface area contributed by atoms with Crippen molar-refractivity contribution in [3.63, 3.8) is 0 Å². The summed E-state index contributed by atoms with van der Waals surface area (Å²) < 4.78 is 37.0. The zero-order chi connectivity index (χ0) is 35.7. The Morgan fingerprint density at radius 2 is 0.760 bits per heavy atom. The molecule has 0 spiro atoms. The molecule has 0 aliphatic heterocycles. The third-order valence-electron chi connectivity index (χ3n) is 8.41. The summed E-state index contributed by atoms with van der Waals surface area (Å²) in [7, 11) is -3.36. The number of unbranched alkanes of at least 4 members (excludes halogenated alkanes) is 14. The fourth-order valence-electron chi connectivity index (χ4n) is 5.46. The Labute approximate surface area is 297 Å². The van der Waals surface area contributed by atoms with Gasteiger partial charge in [-0.1, -0.05) is 95.2 Å². The smallest absolute Gasteiger partial charge is 0.361 e. The average Bonchev–Trinajstić information content (AvgIpc) is 3.13. The Morgan fingerprint density at radius 1 is 0.440 bits per heavy atom. The van der Waals surface area contributed by atoms with Crippen LogP contribution in [0.15, 0.2) is 78.9 Å². The Kier molecular flexibility index (Phi) is 20.0. The summed E-state index contributed by atoms with van der Waals surface area (Å²) in [5.41, 5.74) is 0.518. The lowest BCUT2D eigenvalue weighted by molar-refractivity contribution is 0.0686. The number of rotatable bonds is 29. The Bertz CT molecular complexity index is 1310. The van der Waals surface area contributed by atoms with Crippen LogP contribution in [0, 0.1) is 0 Å². The molecule has 0 unspecified atom stereocenters. The van der Waals surface area contributed by atoms with Crippen LogP contribution in [-0.4, -0.2) is 48.6 Å². The van der Waals surface area contributed by atoms with E-state index in [2.05, 4.69) is 0 Å². The minimum Gasteiger partial charge on any atom is -0.494 e. The van der Waals surface area contributed by atoms with Crippen LogP contribution in [-0.2, 0) is 13.6 Å². The maximum Gasteiger partial charge on any atom is 0.361 e. The van der Waals surface area contributed by atoms with E-state index < -0.39 is 19.5 Å². The van der Waals surface area contributed by atoms with Gasteiger partial charge in [-0.3, -0.25) is 4.57 Å². The lowest BCUT2D eigenvalue weighted by Gasteiger charge is -2.19. The molecule has 0 bridgehead atoms. The molecular weight excluding hydrogens is 655 g/mol. The lowest BCUT2D eigenvalue weighted by Crippen LogP contribution is -2.11. The highest BCUT2D eigenvalue weighted by atomic mass is 31.2. The molecule has 3 rings (SSSR count). The number of ether oxygens (including phenoxy) is 2. The van der Waals surface area contributed by atoms with Crippen molar-refractivity contribution in [1.82, 2.24) is 0 Å². The molecule has 0 amide bonds. The van der Waals surface area contributed by atoms with Crippen LogP contribution < -0.4 is 14.8 Å². The van der Waals surface area contributed by atoms with Crippen LogP contribution in [0.4, 0.5) is 0 Å². The molecule has 274 valence electrons. The first-order valence-electron chi connectivity index (χ1n) is 18.2. The van der Waals surface area contributed by atoms with Crippen molar-refractivity contribution in [1.29, 1.82) is 0 Å². The number of hydrogen-bond acceptors (Lipinski definition) is 7. The zero-order valence-corrected chi connectivity index (χ0v) is 30.2. The first-order valence-corrected chi connectivity index (χ1v) is 19.8. The standard InChI is InChI=1S/C40H55O9P/c41-39(42)34-22-26-36(27-23-34)46-30-16-9-5-1-3-7-11-18-32-48-50(45,38-20-14-13-15-21-38)49-33-19-12-8-4-2-6-10-17-31-47-37-28-24-35(25-29-37)40(43)44/h13-15,20-29H,1-12,16-19,30-33H2,(H,41,42)(H,43,44). The molecule has 0 aliphatic rings. The fourth-order valence-corrected chi connectivity index (χ4v) is 7.11. The van der Waals surface area contributed by atoms with Gasteiger partial charge >= 0.3 is 19.5 Å². The second-order valence-electron chi connectivity index (χ2n) is 12.5. The molecule has 0 fully saturated rings. The number of carboxylic acid groups (broad SMARTS) is 2. The predicted octanol–water partition coefficient (Wildman–Crippen LogP) is 10.3. The quantitative estimate of drug-likeness (QED) is 0.0534. The fraction of sp³-hybridized carbons (Fsp3) is 0.500. The number of hydrogen-bond donors (Lipinski definition) is 2. The van der Waals surface area contributed by atoms with Crippen molar-refractivity contribution >= 4 is 24.8 Å². The number of benzene rings is 3. The van der Waals surface area contributed by atoms with E-state index in [1.165, 1.54) is 12.8 Å². The van der Waals surface area contributed by atoms with Crippen LogP contribution in [0.1, 0.15) is 123 Å². The van der Waals surface area contributed by atoms with Crippen LogP contribution >= 0.6 is 7.60 Å². The molecule has 2 N–H and O–H groups in total. The minimum absolute atomic E-state index is 0.259. The molecule has 0 heterocycles. The maximum absolute atomic E-state index is 13.7. The second kappa shape index (κ2) is 24.5. The van der Waals surface area contributed by atoms with E-state index in [0.29, 0.717) is 43.2 Å². The molecule has 0 atom stereocenters. The highest BCUT2D eigenvalue weighted by Crippen LogP contribution is 2.47. The van der Waals surface area contributed by atoms with Gasteiger partial charge in [0.15, 0.2) is 0 Å². The topological polar surface area (TPSA) is 129 Å². The summed E-state index contributed by atoms with van der Waals surface area (Å²) in [4.78, 5) is 21.9. The Hall–Kier alpha value is -3.65. The van der Waals surface area contributed by atoms with Crippen molar-refractivity contribution in [2.75, 3.05) is 26.4 Å². The van der Waals surface area contributed by atoms with Gasteiger partial charge in [-0.2, -0.15) is 0 Å². The summed E-state index contributed by atoms with van der Waals surface area (Å²) in [6.45, 7) is 2.09. The molecule has 0 radical (unpaired) electrons.